The molecule has 2 rings (SSSR count). The molecule has 20 heavy (non-hydrogen) atoms. The first-order valence-corrected chi connectivity index (χ1v) is 6.74. The number of Topliss-reactive ketones (excluding diaryl/α,β-unsaturated/α-hetero) is 2. The van der Waals surface area contributed by atoms with Crippen molar-refractivity contribution in [2.24, 2.45) is 0 Å². The Morgan fingerprint density at radius 2 is 1.25 bits per heavy atom. The Labute approximate surface area is 127 Å². The molecule has 0 aliphatic rings. The molecule has 0 amide bonds. The smallest absolute Gasteiger partial charge is 0.167 e. The van der Waals surface area contributed by atoms with Crippen molar-refractivity contribution in [2.75, 3.05) is 0 Å². The minimum absolute atomic E-state index is 0.0586. The van der Waals surface area contributed by atoms with E-state index in [4.69, 9.17) is 23.2 Å². The van der Waals surface area contributed by atoms with Gasteiger partial charge in [-0.3, -0.25) is 9.59 Å². The van der Waals surface area contributed by atoms with Crippen LogP contribution in [-0.4, -0.2) is 11.6 Å². The van der Waals surface area contributed by atoms with E-state index in [1.807, 2.05) is 0 Å². The minimum atomic E-state index is -0.191. The standard InChI is InChI=1S/C16H11Cl2O2/c17-13-5-1-11(2-6-13)15(19)9-10-16(20)12-3-7-14(18)8-4-12/h1-9H,10H2. The van der Waals surface area contributed by atoms with Crippen molar-refractivity contribution in [2.45, 2.75) is 6.42 Å². The Morgan fingerprint density at radius 3 is 1.75 bits per heavy atom. The molecule has 1 radical (unpaired) electrons. The fourth-order valence-corrected chi connectivity index (χ4v) is 1.92. The molecule has 0 N–H and O–H groups in total. The van der Waals surface area contributed by atoms with Crippen LogP contribution in [0, 0.1) is 6.42 Å². The van der Waals surface area contributed by atoms with Gasteiger partial charge in [-0.1, -0.05) is 23.2 Å². The lowest BCUT2D eigenvalue weighted by atomic mass is 10.0. The maximum Gasteiger partial charge on any atom is 0.167 e. The van der Waals surface area contributed by atoms with Crippen LogP contribution in [0.25, 0.3) is 0 Å². The lowest BCUT2D eigenvalue weighted by Gasteiger charge is -2.02. The number of rotatable bonds is 5. The van der Waals surface area contributed by atoms with E-state index in [0.717, 1.165) is 0 Å². The van der Waals surface area contributed by atoms with Gasteiger partial charge in [-0.05, 0) is 48.5 Å². The summed E-state index contributed by atoms with van der Waals surface area (Å²) in [7, 11) is 0. The highest BCUT2D eigenvalue weighted by Gasteiger charge is 2.11. The lowest BCUT2D eigenvalue weighted by Crippen LogP contribution is -2.06. The molecule has 2 aromatic rings. The van der Waals surface area contributed by atoms with Crippen LogP contribution in [0.4, 0.5) is 0 Å². The molecule has 0 fully saturated rings. The summed E-state index contributed by atoms with van der Waals surface area (Å²) < 4.78 is 0. The van der Waals surface area contributed by atoms with Crippen LogP contribution >= 0.6 is 23.2 Å². The first-order valence-electron chi connectivity index (χ1n) is 5.98. The topological polar surface area (TPSA) is 34.1 Å². The summed E-state index contributed by atoms with van der Waals surface area (Å²) in [5.41, 5.74) is 1.05. The Hall–Kier alpha value is -1.64. The van der Waals surface area contributed by atoms with Crippen molar-refractivity contribution in [3.63, 3.8) is 0 Å². The Kier molecular flexibility index (Phi) is 4.94. The Balaban J connectivity index is 1.94. The number of hydrogen-bond donors (Lipinski definition) is 0. The van der Waals surface area contributed by atoms with E-state index in [0.29, 0.717) is 21.2 Å². The first kappa shape index (κ1) is 14.8. The molecule has 101 valence electrons. The molecule has 0 saturated heterocycles. The van der Waals surface area contributed by atoms with Crippen molar-refractivity contribution >= 4 is 34.8 Å². The summed E-state index contributed by atoms with van der Waals surface area (Å²) >= 11 is 11.5. The van der Waals surface area contributed by atoms with Crippen LogP contribution in [0.2, 0.25) is 10.0 Å². The van der Waals surface area contributed by atoms with Gasteiger partial charge in [-0.25, -0.2) is 0 Å². The van der Waals surface area contributed by atoms with Gasteiger partial charge >= 0.3 is 0 Å². The SMILES string of the molecule is O=C([CH]CC(=O)c1ccc(Cl)cc1)c1ccc(Cl)cc1. The van der Waals surface area contributed by atoms with E-state index in [2.05, 4.69) is 0 Å². The molecular weight excluding hydrogens is 295 g/mol. The number of hydrogen-bond acceptors (Lipinski definition) is 2. The third-order valence-corrected chi connectivity index (χ3v) is 3.27. The monoisotopic (exact) mass is 305 g/mol. The molecular formula is C16H11Cl2O2. The quantitative estimate of drug-likeness (QED) is 0.753. The van der Waals surface area contributed by atoms with Crippen molar-refractivity contribution in [3.8, 4) is 0 Å². The van der Waals surface area contributed by atoms with Crippen molar-refractivity contribution in [1.82, 2.24) is 0 Å². The maximum atomic E-state index is 11.9. The highest BCUT2D eigenvalue weighted by Crippen LogP contribution is 2.14. The molecule has 0 atom stereocenters. The Bertz CT molecular complexity index is 558. The van der Waals surface area contributed by atoms with E-state index in [-0.39, 0.29) is 18.0 Å². The van der Waals surface area contributed by atoms with Crippen LogP contribution in [0.15, 0.2) is 48.5 Å². The highest BCUT2D eigenvalue weighted by molar-refractivity contribution is 6.31. The summed E-state index contributed by atoms with van der Waals surface area (Å²) in [5.74, 6) is -0.312. The van der Waals surface area contributed by atoms with Crippen LogP contribution in [0.1, 0.15) is 27.1 Å². The second kappa shape index (κ2) is 6.69. The average Bonchev–Trinajstić information content (AvgIpc) is 2.46. The van der Waals surface area contributed by atoms with Gasteiger partial charge in [-0.15, -0.1) is 0 Å². The second-order valence-corrected chi connectivity index (χ2v) is 5.08. The van der Waals surface area contributed by atoms with E-state index in [1.165, 1.54) is 6.42 Å². The van der Waals surface area contributed by atoms with Crippen LogP contribution < -0.4 is 0 Å². The van der Waals surface area contributed by atoms with E-state index in [9.17, 15) is 9.59 Å². The van der Waals surface area contributed by atoms with Crippen molar-refractivity contribution in [3.05, 3.63) is 76.1 Å². The summed E-state index contributed by atoms with van der Waals surface area (Å²) in [5, 5.41) is 1.14. The lowest BCUT2D eigenvalue weighted by molar-refractivity contribution is 0.0956. The fraction of sp³-hybridized carbons (Fsp3) is 0.0625. The molecule has 4 heteroatoms. The van der Waals surface area contributed by atoms with E-state index < -0.39 is 0 Å². The second-order valence-electron chi connectivity index (χ2n) is 4.21. The number of ketones is 2. The molecule has 0 heterocycles. The van der Waals surface area contributed by atoms with Crippen LogP contribution in [-0.2, 0) is 0 Å². The van der Waals surface area contributed by atoms with Crippen molar-refractivity contribution in [1.29, 1.82) is 0 Å². The van der Waals surface area contributed by atoms with Gasteiger partial charge in [0.1, 0.15) is 0 Å². The summed E-state index contributed by atoms with van der Waals surface area (Å²) in [6.45, 7) is 0. The first-order chi connectivity index (χ1) is 9.56. The Morgan fingerprint density at radius 1 is 0.800 bits per heavy atom. The van der Waals surface area contributed by atoms with Gasteiger partial charge in [0.25, 0.3) is 0 Å². The van der Waals surface area contributed by atoms with Gasteiger partial charge in [0.2, 0.25) is 0 Å². The molecule has 0 aromatic heterocycles. The predicted molar refractivity (Wildman–Crippen MR) is 80.5 cm³/mol. The summed E-state index contributed by atoms with van der Waals surface area (Å²) in [4.78, 5) is 23.8. The third kappa shape index (κ3) is 3.92. The van der Waals surface area contributed by atoms with Gasteiger partial charge in [0.15, 0.2) is 11.6 Å². The molecule has 2 nitrogen and oxygen atoms in total. The molecule has 0 spiro atoms. The zero-order valence-corrected chi connectivity index (χ0v) is 12.0. The maximum absolute atomic E-state index is 11.9. The highest BCUT2D eigenvalue weighted by atomic mass is 35.5. The molecule has 0 aliphatic heterocycles. The normalized spacial score (nSPS) is 10.3. The third-order valence-electron chi connectivity index (χ3n) is 2.77. The van der Waals surface area contributed by atoms with Crippen LogP contribution in [0.5, 0.6) is 0 Å². The van der Waals surface area contributed by atoms with Gasteiger partial charge in [0, 0.05) is 34.0 Å². The average molecular weight is 306 g/mol. The number of benzene rings is 2. The molecule has 0 aliphatic carbocycles. The number of halogens is 2. The summed E-state index contributed by atoms with van der Waals surface area (Å²) in [6.07, 6.45) is 1.43. The zero-order chi connectivity index (χ0) is 14.5. The summed E-state index contributed by atoms with van der Waals surface area (Å²) in [6, 6.07) is 13.1. The molecule has 2 aromatic carbocycles. The predicted octanol–water partition coefficient (Wildman–Crippen LogP) is 4.65. The zero-order valence-electron chi connectivity index (χ0n) is 10.5. The van der Waals surface area contributed by atoms with Gasteiger partial charge < -0.3 is 0 Å². The fourth-order valence-electron chi connectivity index (χ4n) is 1.67. The van der Waals surface area contributed by atoms with E-state index >= 15 is 0 Å². The molecule has 0 saturated carbocycles. The van der Waals surface area contributed by atoms with Gasteiger partial charge in [-0.2, -0.15) is 0 Å². The van der Waals surface area contributed by atoms with E-state index in [1.54, 1.807) is 48.5 Å². The minimum Gasteiger partial charge on any atom is -0.294 e. The molecule has 0 unspecified atom stereocenters. The largest absolute Gasteiger partial charge is 0.294 e. The molecule has 0 bridgehead atoms. The van der Waals surface area contributed by atoms with Gasteiger partial charge in [0.05, 0.1) is 0 Å². The van der Waals surface area contributed by atoms with Crippen LogP contribution in [0.3, 0.4) is 0 Å². The van der Waals surface area contributed by atoms with Crippen molar-refractivity contribution < 1.29 is 9.59 Å². The number of carbonyl (C=O) groups excluding carboxylic acids is 2. The number of carbonyl (C=O) groups is 2.